The van der Waals surface area contributed by atoms with Gasteiger partial charge >= 0.3 is 12.1 Å². The van der Waals surface area contributed by atoms with E-state index in [1.165, 1.54) is 16.8 Å². The van der Waals surface area contributed by atoms with Crippen molar-refractivity contribution >= 4 is 5.97 Å². The van der Waals surface area contributed by atoms with Crippen LogP contribution in [0.1, 0.15) is 18.1 Å². The minimum Gasteiger partial charge on any atom is -0.480 e. The van der Waals surface area contributed by atoms with Crippen LogP contribution in [-0.4, -0.2) is 38.8 Å². The monoisotopic (exact) mass is 327 g/mol. The summed E-state index contributed by atoms with van der Waals surface area (Å²) in [6, 6.07) is 4.02. The van der Waals surface area contributed by atoms with Crippen LogP contribution in [0.5, 0.6) is 0 Å². The molecule has 0 fully saturated rings. The predicted octanol–water partition coefficient (Wildman–Crippen LogP) is 2.80. The first-order chi connectivity index (χ1) is 10.7. The Bertz CT molecular complexity index is 680. The lowest BCUT2D eigenvalue weighted by Gasteiger charge is -2.19. The maximum Gasteiger partial charge on any atom is 0.416 e. The molecule has 2 rings (SSSR count). The summed E-state index contributed by atoms with van der Waals surface area (Å²) in [6.45, 7) is 1.94. The number of carbonyl (C=O) groups is 1. The van der Waals surface area contributed by atoms with E-state index >= 15 is 0 Å². The molecule has 1 atom stereocenters. The molecule has 0 aliphatic heterocycles. The molecule has 1 N–H and O–H groups in total. The van der Waals surface area contributed by atoms with Gasteiger partial charge in [-0.05, 0) is 38.2 Å². The zero-order valence-electron chi connectivity index (χ0n) is 12.6. The van der Waals surface area contributed by atoms with E-state index < -0.39 is 23.8 Å². The van der Waals surface area contributed by atoms with Crippen LogP contribution < -0.4 is 0 Å². The number of hydrogen-bond acceptors (Lipinski definition) is 3. The number of aromatic nitrogens is 2. The van der Waals surface area contributed by atoms with E-state index in [0.717, 1.165) is 17.7 Å². The van der Waals surface area contributed by atoms with Gasteiger partial charge in [0.2, 0.25) is 0 Å². The molecule has 2 aromatic rings. The molecule has 23 heavy (non-hydrogen) atoms. The van der Waals surface area contributed by atoms with Crippen molar-refractivity contribution in [2.24, 2.45) is 0 Å². The minimum atomic E-state index is -4.37. The fourth-order valence-electron chi connectivity index (χ4n) is 2.00. The Morgan fingerprint density at radius 1 is 1.35 bits per heavy atom. The Morgan fingerprint density at radius 2 is 1.96 bits per heavy atom. The average molecular weight is 327 g/mol. The molecule has 1 aromatic heterocycles. The number of halogens is 3. The standard InChI is InChI=1S/C15H16F3N3O2/c1-10(14(22)23)20(2)8-11-7-19-21(9-11)13-5-3-12(4-6-13)15(16,17)18/h3-7,9-10H,8H2,1-2H3,(H,22,23). The van der Waals surface area contributed by atoms with E-state index in [-0.39, 0.29) is 0 Å². The maximum absolute atomic E-state index is 12.5. The van der Waals surface area contributed by atoms with Gasteiger partial charge in [0.25, 0.3) is 0 Å². The molecule has 0 aliphatic rings. The Hall–Kier alpha value is -2.35. The molecule has 0 amide bonds. The highest BCUT2D eigenvalue weighted by Gasteiger charge is 2.30. The van der Waals surface area contributed by atoms with Crippen LogP contribution in [0, 0.1) is 0 Å². The largest absolute Gasteiger partial charge is 0.480 e. The Balaban J connectivity index is 2.11. The lowest BCUT2D eigenvalue weighted by molar-refractivity contribution is -0.142. The predicted molar refractivity (Wildman–Crippen MR) is 77.1 cm³/mol. The number of alkyl halides is 3. The molecule has 1 aromatic carbocycles. The molecule has 0 spiro atoms. The fourth-order valence-corrected chi connectivity index (χ4v) is 2.00. The second kappa shape index (κ2) is 6.41. The normalized spacial score (nSPS) is 13.3. The number of rotatable bonds is 5. The number of nitrogens with zero attached hydrogens (tertiary/aromatic N) is 3. The third-order valence-electron chi connectivity index (χ3n) is 3.55. The van der Waals surface area contributed by atoms with Crippen LogP contribution in [0.25, 0.3) is 5.69 Å². The zero-order chi connectivity index (χ0) is 17.2. The van der Waals surface area contributed by atoms with Gasteiger partial charge in [0.1, 0.15) is 6.04 Å². The molecule has 1 heterocycles. The molecule has 0 bridgehead atoms. The Labute approximate surface area is 130 Å². The summed E-state index contributed by atoms with van der Waals surface area (Å²) in [5.41, 5.74) is 0.544. The third-order valence-corrected chi connectivity index (χ3v) is 3.55. The molecule has 8 heteroatoms. The molecule has 0 saturated carbocycles. The number of aliphatic carboxylic acids is 1. The summed E-state index contributed by atoms with van der Waals surface area (Å²) in [5, 5.41) is 13.0. The smallest absolute Gasteiger partial charge is 0.416 e. The van der Waals surface area contributed by atoms with Gasteiger partial charge in [0.15, 0.2) is 0 Å². The summed E-state index contributed by atoms with van der Waals surface area (Å²) < 4.78 is 39.1. The molecule has 0 radical (unpaired) electrons. The van der Waals surface area contributed by atoms with Crippen LogP contribution in [0.4, 0.5) is 13.2 Å². The van der Waals surface area contributed by atoms with Crippen LogP contribution in [0.15, 0.2) is 36.7 Å². The van der Waals surface area contributed by atoms with Crippen LogP contribution >= 0.6 is 0 Å². The van der Waals surface area contributed by atoms with Crippen molar-refractivity contribution in [3.63, 3.8) is 0 Å². The van der Waals surface area contributed by atoms with Gasteiger partial charge in [0, 0.05) is 18.3 Å². The average Bonchev–Trinajstić information content (AvgIpc) is 2.94. The summed E-state index contributed by atoms with van der Waals surface area (Å²) in [7, 11) is 1.67. The van der Waals surface area contributed by atoms with E-state index in [1.807, 2.05) is 0 Å². The van der Waals surface area contributed by atoms with Crippen LogP contribution in [0.2, 0.25) is 0 Å². The summed E-state index contributed by atoms with van der Waals surface area (Å²) in [4.78, 5) is 12.6. The zero-order valence-corrected chi connectivity index (χ0v) is 12.6. The van der Waals surface area contributed by atoms with Crippen molar-refractivity contribution in [1.29, 1.82) is 0 Å². The van der Waals surface area contributed by atoms with Crippen LogP contribution in [0.3, 0.4) is 0 Å². The molecule has 124 valence electrons. The summed E-state index contributed by atoms with van der Waals surface area (Å²) in [6.07, 6.45) is -1.15. The quantitative estimate of drug-likeness (QED) is 0.917. The lowest BCUT2D eigenvalue weighted by Crippen LogP contribution is -2.35. The highest BCUT2D eigenvalue weighted by Crippen LogP contribution is 2.29. The Kier molecular flexibility index (Phi) is 4.74. The van der Waals surface area contributed by atoms with E-state index in [1.54, 1.807) is 31.3 Å². The van der Waals surface area contributed by atoms with Gasteiger partial charge in [-0.25, -0.2) is 4.68 Å². The van der Waals surface area contributed by atoms with Gasteiger partial charge < -0.3 is 5.11 Å². The second-order valence-corrected chi connectivity index (χ2v) is 5.27. The third kappa shape index (κ3) is 4.10. The van der Waals surface area contributed by atoms with Gasteiger partial charge in [-0.2, -0.15) is 18.3 Å². The first-order valence-corrected chi connectivity index (χ1v) is 6.82. The first kappa shape index (κ1) is 17.0. The van der Waals surface area contributed by atoms with Gasteiger partial charge in [-0.3, -0.25) is 9.69 Å². The van der Waals surface area contributed by atoms with Gasteiger partial charge in [0.05, 0.1) is 17.4 Å². The summed E-state index contributed by atoms with van der Waals surface area (Å²) in [5.74, 6) is -0.928. The molecule has 0 saturated heterocycles. The number of hydrogen-bond donors (Lipinski definition) is 1. The lowest BCUT2D eigenvalue weighted by atomic mass is 10.2. The van der Waals surface area contributed by atoms with Crippen molar-refractivity contribution in [2.75, 3.05) is 7.05 Å². The number of carboxylic acids is 1. The molecular weight excluding hydrogens is 311 g/mol. The van der Waals surface area contributed by atoms with E-state index in [4.69, 9.17) is 5.11 Å². The molecular formula is C15H16F3N3O2. The van der Waals surface area contributed by atoms with Crippen molar-refractivity contribution < 1.29 is 23.1 Å². The van der Waals surface area contributed by atoms with E-state index in [2.05, 4.69) is 5.10 Å². The highest BCUT2D eigenvalue weighted by atomic mass is 19.4. The fraction of sp³-hybridized carbons (Fsp3) is 0.333. The van der Waals surface area contributed by atoms with E-state index in [9.17, 15) is 18.0 Å². The van der Waals surface area contributed by atoms with Gasteiger partial charge in [-0.1, -0.05) is 0 Å². The van der Waals surface area contributed by atoms with Gasteiger partial charge in [-0.15, -0.1) is 0 Å². The molecule has 5 nitrogen and oxygen atoms in total. The topological polar surface area (TPSA) is 58.4 Å². The van der Waals surface area contributed by atoms with Crippen molar-refractivity contribution in [1.82, 2.24) is 14.7 Å². The van der Waals surface area contributed by atoms with Crippen LogP contribution in [-0.2, 0) is 17.5 Å². The summed E-state index contributed by atoms with van der Waals surface area (Å²) >= 11 is 0. The maximum atomic E-state index is 12.5. The SMILES string of the molecule is CC(C(=O)O)N(C)Cc1cnn(-c2ccc(C(F)(F)F)cc2)c1. The molecule has 0 aliphatic carbocycles. The Morgan fingerprint density at radius 3 is 2.48 bits per heavy atom. The first-order valence-electron chi connectivity index (χ1n) is 6.82. The minimum absolute atomic E-state index is 0.369. The molecule has 1 unspecified atom stereocenters. The number of carboxylic acid groups (broad SMARTS) is 1. The van der Waals surface area contributed by atoms with E-state index in [0.29, 0.717) is 12.2 Å². The number of benzene rings is 1. The van der Waals surface area contributed by atoms with Crippen molar-refractivity contribution in [2.45, 2.75) is 25.7 Å². The highest BCUT2D eigenvalue weighted by molar-refractivity contribution is 5.72. The van der Waals surface area contributed by atoms with Crippen molar-refractivity contribution in [3.8, 4) is 5.69 Å². The number of likely N-dealkylation sites (N-methyl/N-ethyl adjacent to an activating group) is 1. The van der Waals surface area contributed by atoms with Crippen molar-refractivity contribution in [3.05, 3.63) is 47.8 Å². The second-order valence-electron chi connectivity index (χ2n) is 5.27.